The lowest BCUT2D eigenvalue weighted by Crippen LogP contribution is -2.23. The lowest BCUT2D eigenvalue weighted by molar-refractivity contribution is 0.0949. The van der Waals surface area contributed by atoms with Crippen LogP contribution in [0.2, 0.25) is 0 Å². The molecule has 0 saturated heterocycles. The number of nitrogens with one attached hydrogen (secondary N) is 2. The molecule has 4 aromatic rings. The third kappa shape index (κ3) is 2.81. The number of carbonyl (C=O) groups is 1. The van der Waals surface area contributed by atoms with Gasteiger partial charge in [0.1, 0.15) is 18.2 Å². The average molecular weight is 356 g/mol. The molecule has 0 aliphatic carbocycles. The summed E-state index contributed by atoms with van der Waals surface area (Å²) in [5.74, 6) is 1.27. The molecule has 5 rings (SSSR count). The van der Waals surface area contributed by atoms with Gasteiger partial charge in [0, 0.05) is 29.1 Å². The molecule has 2 aromatic heterocycles. The van der Waals surface area contributed by atoms with Crippen molar-refractivity contribution in [3.63, 3.8) is 0 Å². The Morgan fingerprint density at radius 2 is 2.07 bits per heavy atom. The second-order valence-corrected chi connectivity index (χ2v) is 6.42. The van der Waals surface area contributed by atoms with Gasteiger partial charge in [0.05, 0.1) is 17.6 Å². The molecule has 1 aliphatic heterocycles. The molecule has 0 unspecified atom stereocenters. The van der Waals surface area contributed by atoms with Gasteiger partial charge in [0.25, 0.3) is 5.91 Å². The number of rotatable bonds is 3. The number of H-pyrrole nitrogens is 1. The van der Waals surface area contributed by atoms with Crippen molar-refractivity contribution >= 4 is 16.9 Å². The van der Waals surface area contributed by atoms with Crippen LogP contribution in [-0.4, -0.2) is 20.9 Å². The molecule has 1 amide bonds. The van der Waals surface area contributed by atoms with Gasteiger partial charge in [-0.05, 0) is 42.0 Å². The molecule has 0 bridgehead atoms. The quantitative estimate of drug-likeness (QED) is 0.589. The number of benzene rings is 2. The normalized spacial score (nSPS) is 12.1. The SMILES string of the molecule is O=C(NCc1nc2ccccc2[nH]1)c1ccc2c(c1)OCc1cnccc1-2. The van der Waals surface area contributed by atoms with Crippen molar-refractivity contribution < 1.29 is 9.53 Å². The minimum atomic E-state index is -0.164. The highest BCUT2D eigenvalue weighted by Crippen LogP contribution is 2.37. The van der Waals surface area contributed by atoms with Crippen molar-refractivity contribution in [2.45, 2.75) is 13.2 Å². The standard InChI is InChI=1S/C21H16N4O2/c26-21(23-11-20-24-17-3-1-2-4-18(17)25-20)13-5-6-16-15-7-8-22-10-14(15)12-27-19(16)9-13/h1-10H,11-12H2,(H,23,26)(H,24,25). The summed E-state index contributed by atoms with van der Waals surface area (Å²) < 4.78 is 5.80. The highest BCUT2D eigenvalue weighted by atomic mass is 16.5. The van der Waals surface area contributed by atoms with E-state index in [4.69, 9.17) is 4.74 Å². The summed E-state index contributed by atoms with van der Waals surface area (Å²) in [5.41, 5.74) is 5.52. The topological polar surface area (TPSA) is 79.9 Å². The van der Waals surface area contributed by atoms with E-state index >= 15 is 0 Å². The molecule has 1 aliphatic rings. The Morgan fingerprint density at radius 3 is 3.00 bits per heavy atom. The number of pyridine rings is 1. The molecule has 0 spiro atoms. The molecular weight excluding hydrogens is 340 g/mol. The van der Waals surface area contributed by atoms with E-state index in [2.05, 4.69) is 20.3 Å². The first kappa shape index (κ1) is 15.6. The van der Waals surface area contributed by atoms with Gasteiger partial charge in [-0.1, -0.05) is 12.1 Å². The van der Waals surface area contributed by atoms with E-state index in [9.17, 15) is 4.79 Å². The van der Waals surface area contributed by atoms with Crippen molar-refractivity contribution in [2.75, 3.05) is 0 Å². The maximum atomic E-state index is 12.5. The second-order valence-electron chi connectivity index (χ2n) is 6.42. The van der Waals surface area contributed by atoms with Crippen LogP contribution in [0.1, 0.15) is 21.7 Å². The van der Waals surface area contributed by atoms with Crippen LogP contribution in [0.5, 0.6) is 5.75 Å². The first-order valence-corrected chi connectivity index (χ1v) is 8.70. The number of imidazole rings is 1. The first-order valence-electron chi connectivity index (χ1n) is 8.70. The Labute approximate surface area is 155 Å². The van der Waals surface area contributed by atoms with Gasteiger partial charge in [0.2, 0.25) is 0 Å². The van der Waals surface area contributed by atoms with Crippen LogP contribution in [0.4, 0.5) is 0 Å². The molecule has 6 heteroatoms. The van der Waals surface area contributed by atoms with E-state index < -0.39 is 0 Å². The minimum absolute atomic E-state index is 0.164. The smallest absolute Gasteiger partial charge is 0.251 e. The zero-order valence-electron chi connectivity index (χ0n) is 14.4. The van der Waals surface area contributed by atoms with E-state index in [0.717, 1.165) is 33.5 Å². The van der Waals surface area contributed by atoms with Crippen LogP contribution in [0.15, 0.2) is 60.9 Å². The van der Waals surface area contributed by atoms with Crippen molar-refractivity contribution in [2.24, 2.45) is 0 Å². The number of amides is 1. The predicted octanol–water partition coefficient (Wildman–Crippen LogP) is 3.45. The van der Waals surface area contributed by atoms with Gasteiger partial charge in [-0.3, -0.25) is 9.78 Å². The molecule has 132 valence electrons. The van der Waals surface area contributed by atoms with E-state index in [1.165, 1.54) is 0 Å². The number of hydrogen-bond donors (Lipinski definition) is 2. The molecule has 0 radical (unpaired) electrons. The third-order valence-electron chi connectivity index (χ3n) is 4.68. The average Bonchev–Trinajstić information content (AvgIpc) is 3.14. The summed E-state index contributed by atoms with van der Waals surface area (Å²) in [6, 6.07) is 15.3. The zero-order chi connectivity index (χ0) is 18.2. The summed E-state index contributed by atoms with van der Waals surface area (Å²) in [5, 5.41) is 2.90. The summed E-state index contributed by atoms with van der Waals surface area (Å²) in [6.45, 7) is 0.792. The van der Waals surface area contributed by atoms with Crippen LogP contribution in [0, 0.1) is 0 Å². The monoisotopic (exact) mass is 356 g/mol. The van der Waals surface area contributed by atoms with Gasteiger partial charge in [0.15, 0.2) is 0 Å². The Hall–Kier alpha value is -3.67. The van der Waals surface area contributed by atoms with E-state index in [1.54, 1.807) is 12.3 Å². The number of ether oxygens (including phenoxy) is 1. The number of aromatic amines is 1. The lowest BCUT2D eigenvalue weighted by atomic mass is 9.97. The minimum Gasteiger partial charge on any atom is -0.488 e. The van der Waals surface area contributed by atoms with Gasteiger partial charge >= 0.3 is 0 Å². The van der Waals surface area contributed by atoms with Crippen molar-refractivity contribution in [3.8, 4) is 16.9 Å². The number of nitrogens with zero attached hydrogens (tertiary/aromatic N) is 2. The largest absolute Gasteiger partial charge is 0.488 e. The van der Waals surface area contributed by atoms with E-state index in [0.29, 0.717) is 24.5 Å². The third-order valence-corrected chi connectivity index (χ3v) is 4.68. The number of para-hydroxylation sites is 2. The van der Waals surface area contributed by atoms with Crippen LogP contribution in [-0.2, 0) is 13.2 Å². The molecule has 0 atom stereocenters. The van der Waals surface area contributed by atoms with Crippen molar-refractivity contribution in [1.29, 1.82) is 0 Å². The Balaban J connectivity index is 1.35. The Morgan fingerprint density at radius 1 is 1.15 bits per heavy atom. The second kappa shape index (κ2) is 6.25. The molecule has 6 nitrogen and oxygen atoms in total. The molecule has 27 heavy (non-hydrogen) atoms. The molecule has 2 aromatic carbocycles. The molecule has 2 N–H and O–H groups in total. The molecule has 0 saturated carbocycles. The fraction of sp³-hybridized carbons (Fsp3) is 0.0952. The summed E-state index contributed by atoms with van der Waals surface area (Å²) in [7, 11) is 0. The number of carbonyl (C=O) groups excluding carboxylic acids is 1. The van der Waals surface area contributed by atoms with Crippen LogP contribution >= 0.6 is 0 Å². The molecule has 0 fully saturated rings. The molecular formula is C21H16N4O2. The predicted molar refractivity (Wildman–Crippen MR) is 101 cm³/mol. The summed E-state index contributed by atoms with van der Waals surface area (Å²) in [6.07, 6.45) is 3.58. The van der Waals surface area contributed by atoms with Gasteiger partial charge in [-0.25, -0.2) is 4.98 Å². The van der Waals surface area contributed by atoms with Crippen LogP contribution in [0.3, 0.4) is 0 Å². The van der Waals surface area contributed by atoms with Crippen molar-refractivity contribution in [3.05, 3.63) is 77.9 Å². The number of aromatic nitrogens is 3. The highest BCUT2D eigenvalue weighted by Gasteiger charge is 2.19. The maximum Gasteiger partial charge on any atom is 0.251 e. The number of fused-ring (bicyclic) bond motifs is 4. The first-order chi connectivity index (χ1) is 13.3. The van der Waals surface area contributed by atoms with Gasteiger partial charge in [-0.15, -0.1) is 0 Å². The fourth-order valence-corrected chi connectivity index (χ4v) is 3.32. The maximum absolute atomic E-state index is 12.5. The number of hydrogen-bond acceptors (Lipinski definition) is 4. The van der Waals surface area contributed by atoms with Crippen molar-refractivity contribution in [1.82, 2.24) is 20.3 Å². The fourth-order valence-electron chi connectivity index (χ4n) is 3.32. The lowest BCUT2D eigenvalue weighted by Gasteiger charge is -2.20. The van der Waals surface area contributed by atoms with Crippen LogP contribution < -0.4 is 10.1 Å². The Bertz CT molecular complexity index is 1130. The highest BCUT2D eigenvalue weighted by molar-refractivity contribution is 5.95. The molecule has 3 heterocycles. The van der Waals surface area contributed by atoms with E-state index in [1.807, 2.05) is 48.7 Å². The summed E-state index contributed by atoms with van der Waals surface area (Å²) >= 11 is 0. The van der Waals surface area contributed by atoms with E-state index in [-0.39, 0.29) is 5.91 Å². The Kier molecular flexibility index (Phi) is 3.60. The zero-order valence-corrected chi connectivity index (χ0v) is 14.4. The van der Waals surface area contributed by atoms with Gasteiger partial charge < -0.3 is 15.0 Å². The van der Waals surface area contributed by atoms with Gasteiger partial charge in [-0.2, -0.15) is 0 Å². The van der Waals surface area contributed by atoms with Crippen LogP contribution in [0.25, 0.3) is 22.2 Å². The summed E-state index contributed by atoms with van der Waals surface area (Å²) in [4.78, 5) is 24.4.